The number of ether oxygens (including phenoxy) is 1. The number of rotatable bonds is 3. The summed E-state index contributed by atoms with van der Waals surface area (Å²) in [6.45, 7) is 2.07. The molecule has 0 aromatic carbocycles. The largest absolute Gasteiger partial charge is 0.463 e. The molecule has 0 fully saturated rings. The molecule has 1 aromatic heterocycles. The van der Waals surface area contributed by atoms with E-state index in [-0.39, 0.29) is 5.76 Å². The van der Waals surface area contributed by atoms with Crippen molar-refractivity contribution in [3.63, 3.8) is 0 Å². The molecule has 1 heterocycles. The Bertz CT molecular complexity index is 304. The molecule has 0 bridgehead atoms. The van der Waals surface area contributed by atoms with Gasteiger partial charge in [0.05, 0.1) is 7.11 Å². The molecule has 0 N–H and O–H groups in total. The van der Waals surface area contributed by atoms with Crippen LogP contribution >= 0.6 is 15.9 Å². The third-order valence-electron chi connectivity index (χ3n) is 1.66. The number of methoxy groups -OCH3 is 1. The molecular formula is C9H11BrO3. The minimum absolute atomic E-state index is 0.248. The van der Waals surface area contributed by atoms with Gasteiger partial charge in [-0.15, -0.1) is 0 Å². The standard InChI is InChI=1S/C9H11BrO3/c1-3-4-6-5-7(9(11)12-2)13-8(6)10/h5H,3-4H2,1-2H3. The molecule has 72 valence electrons. The van der Waals surface area contributed by atoms with Gasteiger partial charge in [0.2, 0.25) is 5.76 Å². The van der Waals surface area contributed by atoms with Crippen LogP contribution in [0.3, 0.4) is 0 Å². The molecular weight excluding hydrogens is 236 g/mol. The van der Waals surface area contributed by atoms with E-state index in [2.05, 4.69) is 27.6 Å². The molecule has 1 rings (SSSR count). The lowest BCUT2D eigenvalue weighted by Crippen LogP contribution is -1.98. The van der Waals surface area contributed by atoms with Crippen LogP contribution in [0.15, 0.2) is 15.2 Å². The van der Waals surface area contributed by atoms with E-state index in [1.807, 2.05) is 0 Å². The molecule has 13 heavy (non-hydrogen) atoms. The average molecular weight is 247 g/mol. The SMILES string of the molecule is CCCc1cc(C(=O)OC)oc1Br. The van der Waals surface area contributed by atoms with E-state index in [9.17, 15) is 4.79 Å². The topological polar surface area (TPSA) is 39.4 Å². The Hall–Kier alpha value is -0.770. The van der Waals surface area contributed by atoms with E-state index in [1.54, 1.807) is 6.07 Å². The summed E-state index contributed by atoms with van der Waals surface area (Å²) in [5.41, 5.74) is 1.00. The normalized spacial score (nSPS) is 10.1. The zero-order chi connectivity index (χ0) is 9.84. The van der Waals surface area contributed by atoms with Gasteiger partial charge >= 0.3 is 5.97 Å². The molecule has 0 aliphatic heterocycles. The number of esters is 1. The Balaban J connectivity index is 2.88. The number of furan rings is 1. The number of hydrogen-bond acceptors (Lipinski definition) is 3. The van der Waals surface area contributed by atoms with Crippen LogP contribution in [0.5, 0.6) is 0 Å². The minimum Gasteiger partial charge on any atom is -0.463 e. The van der Waals surface area contributed by atoms with E-state index >= 15 is 0 Å². The van der Waals surface area contributed by atoms with Crippen molar-refractivity contribution >= 4 is 21.9 Å². The summed E-state index contributed by atoms with van der Waals surface area (Å²) >= 11 is 3.24. The zero-order valence-electron chi connectivity index (χ0n) is 7.59. The molecule has 0 aliphatic carbocycles. The van der Waals surface area contributed by atoms with Crippen LogP contribution in [0.25, 0.3) is 0 Å². The fourth-order valence-electron chi connectivity index (χ4n) is 1.05. The molecule has 1 aromatic rings. The third kappa shape index (κ3) is 2.34. The predicted octanol–water partition coefficient (Wildman–Crippen LogP) is 2.78. The van der Waals surface area contributed by atoms with Gasteiger partial charge in [-0.05, 0) is 28.4 Å². The number of aryl methyl sites for hydroxylation is 1. The molecule has 0 saturated carbocycles. The van der Waals surface area contributed by atoms with Crippen molar-refractivity contribution in [2.24, 2.45) is 0 Å². The maximum atomic E-state index is 11.0. The van der Waals surface area contributed by atoms with Crippen LogP contribution in [0.1, 0.15) is 29.5 Å². The quantitative estimate of drug-likeness (QED) is 0.771. The Morgan fingerprint density at radius 3 is 2.92 bits per heavy atom. The lowest BCUT2D eigenvalue weighted by atomic mass is 10.2. The van der Waals surface area contributed by atoms with Crippen molar-refractivity contribution in [3.8, 4) is 0 Å². The van der Waals surface area contributed by atoms with E-state index in [4.69, 9.17) is 4.42 Å². The molecule has 0 saturated heterocycles. The van der Waals surface area contributed by atoms with Gasteiger partial charge in [-0.2, -0.15) is 0 Å². The van der Waals surface area contributed by atoms with Gasteiger partial charge in [0.25, 0.3) is 0 Å². The van der Waals surface area contributed by atoms with Gasteiger partial charge in [0.1, 0.15) is 0 Å². The lowest BCUT2D eigenvalue weighted by molar-refractivity contribution is 0.0563. The summed E-state index contributed by atoms with van der Waals surface area (Å²) in [4.78, 5) is 11.0. The van der Waals surface area contributed by atoms with E-state index in [0.717, 1.165) is 18.4 Å². The lowest BCUT2D eigenvalue weighted by Gasteiger charge is -1.90. The second kappa shape index (κ2) is 4.46. The second-order valence-electron chi connectivity index (χ2n) is 2.65. The minimum atomic E-state index is -0.442. The highest BCUT2D eigenvalue weighted by Gasteiger charge is 2.14. The van der Waals surface area contributed by atoms with Crippen LogP contribution in [-0.2, 0) is 11.2 Å². The van der Waals surface area contributed by atoms with Crippen LogP contribution in [-0.4, -0.2) is 13.1 Å². The maximum Gasteiger partial charge on any atom is 0.374 e. The molecule has 0 unspecified atom stereocenters. The van der Waals surface area contributed by atoms with Gasteiger partial charge < -0.3 is 9.15 Å². The summed E-state index contributed by atoms with van der Waals surface area (Å²) in [5, 5.41) is 0. The van der Waals surface area contributed by atoms with Crippen LogP contribution in [0.2, 0.25) is 0 Å². The van der Waals surface area contributed by atoms with Gasteiger partial charge in [-0.1, -0.05) is 13.3 Å². The molecule has 0 atom stereocenters. The van der Waals surface area contributed by atoms with Crippen molar-refractivity contribution in [1.82, 2.24) is 0 Å². The molecule has 3 nitrogen and oxygen atoms in total. The number of halogens is 1. The Labute approximate surface area is 85.2 Å². The molecule has 0 radical (unpaired) electrons. The molecule has 0 aliphatic rings. The molecule has 0 amide bonds. The first-order chi connectivity index (χ1) is 6.19. The number of carbonyl (C=O) groups is 1. The Morgan fingerprint density at radius 2 is 2.38 bits per heavy atom. The smallest absolute Gasteiger partial charge is 0.374 e. The first-order valence-corrected chi connectivity index (χ1v) is 4.84. The van der Waals surface area contributed by atoms with E-state index in [0.29, 0.717) is 4.67 Å². The average Bonchev–Trinajstić information content (AvgIpc) is 2.47. The van der Waals surface area contributed by atoms with Gasteiger partial charge in [0, 0.05) is 5.56 Å². The highest BCUT2D eigenvalue weighted by Crippen LogP contribution is 2.23. The summed E-state index contributed by atoms with van der Waals surface area (Å²) in [5.74, 6) is -0.194. The highest BCUT2D eigenvalue weighted by atomic mass is 79.9. The van der Waals surface area contributed by atoms with Crippen molar-refractivity contribution in [2.45, 2.75) is 19.8 Å². The van der Waals surface area contributed by atoms with Crippen LogP contribution in [0, 0.1) is 0 Å². The van der Waals surface area contributed by atoms with Gasteiger partial charge in [0.15, 0.2) is 4.67 Å². The first kappa shape index (κ1) is 10.3. The van der Waals surface area contributed by atoms with Crippen LogP contribution < -0.4 is 0 Å². The van der Waals surface area contributed by atoms with Crippen molar-refractivity contribution in [3.05, 3.63) is 22.1 Å². The Morgan fingerprint density at radius 1 is 1.69 bits per heavy atom. The fraction of sp³-hybridized carbons (Fsp3) is 0.444. The number of carbonyl (C=O) groups excluding carboxylic acids is 1. The summed E-state index contributed by atoms with van der Waals surface area (Å²) in [6, 6.07) is 1.71. The van der Waals surface area contributed by atoms with Crippen molar-refractivity contribution in [1.29, 1.82) is 0 Å². The van der Waals surface area contributed by atoms with Crippen LogP contribution in [0.4, 0.5) is 0 Å². The summed E-state index contributed by atoms with van der Waals surface area (Å²) in [6.07, 6.45) is 1.90. The monoisotopic (exact) mass is 246 g/mol. The van der Waals surface area contributed by atoms with Gasteiger partial charge in [-0.25, -0.2) is 4.79 Å². The summed E-state index contributed by atoms with van der Waals surface area (Å²) < 4.78 is 10.3. The second-order valence-corrected chi connectivity index (χ2v) is 3.37. The Kier molecular flexibility index (Phi) is 3.54. The first-order valence-electron chi connectivity index (χ1n) is 4.05. The van der Waals surface area contributed by atoms with Crippen molar-refractivity contribution in [2.75, 3.05) is 7.11 Å². The van der Waals surface area contributed by atoms with Gasteiger partial charge in [-0.3, -0.25) is 0 Å². The third-order valence-corrected chi connectivity index (χ3v) is 2.33. The number of hydrogen-bond donors (Lipinski definition) is 0. The fourth-order valence-corrected chi connectivity index (χ4v) is 1.53. The van der Waals surface area contributed by atoms with E-state index in [1.165, 1.54) is 7.11 Å². The van der Waals surface area contributed by atoms with Crippen molar-refractivity contribution < 1.29 is 13.9 Å². The zero-order valence-corrected chi connectivity index (χ0v) is 9.18. The van der Waals surface area contributed by atoms with E-state index < -0.39 is 5.97 Å². The predicted molar refractivity (Wildman–Crippen MR) is 51.7 cm³/mol. The molecule has 4 heteroatoms. The highest BCUT2D eigenvalue weighted by molar-refractivity contribution is 9.10. The molecule has 0 spiro atoms. The summed E-state index contributed by atoms with van der Waals surface area (Å²) in [7, 11) is 1.33. The maximum absolute atomic E-state index is 11.0.